The maximum Gasteiger partial charge on any atom is 0.208 e. The van der Waals surface area contributed by atoms with Crippen LogP contribution in [-0.2, 0) is 24.5 Å². The lowest BCUT2D eigenvalue weighted by Gasteiger charge is -2.40. The minimum absolute atomic E-state index is 0.0893. The second kappa shape index (κ2) is 8.03. The molecular formula is C16H36N2O4S2. The molecule has 0 bridgehead atoms. The number of hydrogen-bond donors (Lipinski definition) is 1. The molecule has 24 heavy (non-hydrogen) atoms. The van der Waals surface area contributed by atoms with E-state index in [2.05, 4.69) is 31.4 Å². The fraction of sp³-hybridized carbons (Fsp3) is 0.938. The third-order valence-electron chi connectivity index (χ3n) is 3.77. The van der Waals surface area contributed by atoms with Gasteiger partial charge in [0.15, 0.2) is 0 Å². The Bertz CT molecular complexity index is 599. The standard InChI is InChI=1S/C16H36N2O4S2/c1-13(15(2,3)4)22-14(11-17-24(10,20)21)12-18(16(5,6)7)23(8,9)19/h13-14,17H,8,11-12H2,1-7,9-10H3. The first-order valence-electron chi connectivity index (χ1n) is 8.04. The van der Waals surface area contributed by atoms with Gasteiger partial charge < -0.3 is 4.74 Å². The van der Waals surface area contributed by atoms with E-state index in [1.165, 1.54) is 0 Å². The fourth-order valence-corrected chi connectivity index (χ4v) is 4.22. The van der Waals surface area contributed by atoms with Crippen LogP contribution in [0.3, 0.4) is 0 Å². The largest absolute Gasteiger partial charge is 0.372 e. The number of nitrogens with one attached hydrogen (secondary N) is 1. The first-order valence-corrected chi connectivity index (χ1v) is 12.0. The summed E-state index contributed by atoms with van der Waals surface area (Å²) in [7, 11) is -5.80. The average molecular weight is 385 g/mol. The van der Waals surface area contributed by atoms with Gasteiger partial charge in [0.2, 0.25) is 10.0 Å². The monoisotopic (exact) mass is 384 g/mol. The third-order valence-corrected chi connectivity index (χ3v) is 6.09. The highest BCUT2D eigenvalue weighted by Crippen LogP contribution is 2.24. The summed E-state index contributed by atoms with van der Waals surface area (Å²) in [5.74, 6) is 3.79. The van der Waals surface area contributed by atoms with Gasteiger partial charge in [-0.25, -0.2) is 17.4 Å². The number of hydrogen-bond acceptors (Lipinski definition) is 4. The fourth-order valence-electron chi connectivity index (χ4n) is 2.09. The van der Waals surface area contributed by atoms with Crippen molar-refractivity contribution in [3.05, 3.63) is 0 Å². The Hall–Kier alpha value is -0.150. The summed E-state index contributed by atoms with van der Waals surface area (Å²) in [6.07, 6.45) is 2.18. The minimum atomic E-state index is -3.33. The van der Waals surface area contributed by atoms with Crippen molar-refractivity contribution in [1.29, 1.82) is 0 Å². The van der Waals surface area contributed by atoms with Crippen LogP contribution in [0.2, 0.25) is 0 Å². The van der Waals surface area contributed by atoms with E-state index in [0.717, 1.165) is 6.26 Å². The molecule has 0 aromatic heterocycles. The van der Waals surface area contributed by atoms with Crippen LogP contribution in [0.25, 0.3) is 0 Å². The maximum absolute atomic E-state index is 12.6. The molecule has 0 radical (unpaired) electrons. The minimum Gasteiger partial charge on any atom is -0.372 e. The third kappa shape index (κ3) is 9.36. The van der Waals surface area contributed by atoms with Gasteiger partial charge in [-0.05, 0) is 39.0 Å². The van der Waals surface area contributed by atoms with Gasteiger partial charge in [0, 0.05) is 34.6 Å². The Morgan fingerprint density at radius 2 is 1.54 bits per heavy atom. The molecular weight excluding hydrogens is 348 g/mol. The van der Waals surface area contributed by atoms with E-state index in [4.69, 9.17) is 4.74 Å². The van der Waals surface area contributed by atoms with E-state index in [0.29, 0.717) is 6.54 Å². The van der Waals surface area contributed by atoms with Crippen LogP contribution in [0.1, 0.15) is 48.5 Å². The zero-order chi connectivity index (χ0) is 19.6. The van der Waals surface area contributed by atoms with E-state index in [-0.39, 0.29) is 23.6 Å². The van der Waals surface area contributed by atoms with Crippen LogP contribution in [0.15, 0.2) is 0 Å². The molecule has 0 amide bonds. The first kappa shape index (κ1) is 23.9. The highest BCUT2D eigenvalue weighted by molar-refractivity contribution is 7.97. The van der Waals surface area contributed by atoms with Gasteiger partial charge in [-0.3, -0.25) is 4.21 Å². The lowest BCUT2D eigenvalue weighted by atomic mass is 9.90. The second-order valence-corrected chi connectivity index (χ2v) is 12.8. The number of ether oxygens (including phenoxy) is 1. The van der Waals surface area contributed by atoms with Gasteiger partial charge in [-0.1, -0.05) is 20.8 Å². The van der Waals surface area contributed by atoms with Crippen LogP contribution in [0.4, 0.5) is 0 Å². The Balaban J connectivity index is 5.44. The van der Waals surface area contributed by atoms with Crippen molar-refractivity contribution in [2.24, 2.45) is 5.41 Å². The van der Waals surface area contributed by atoms with Gasteiger partial charge in [0.1, 0.15) is 0 Å². The molecule has 0 aromatic rings. The molecule has 0 heterocycles. The Morgan fingerprint density at radius 3 is 1.83 bits per heavy atom. The molecule has 0 rings (SSSR count). The summed E-state index contributed by atoms with van der Waals surface area (Å²) in [5, 5.41) is 0. The molecule has 6 nitrogen and oxygen atoms in total. The highest BCUT2D eigenvalue weighted by Gasteiger charge is 2.32. The molecule has 0 fully saturated rings. The molecule has 3 unspecified atom stereocenters. The molecule has 1 N–H and O–H groups in total. The van der Waals surface area contributed by atoms with Crippen LogP contribution < -0.4 is 4.72 Å². The molecule has 0 spiro atoms. The predicted octanol–water partition coefficient (Wildman–Crippen LogP) is 1.72. The van der Waals surface area contributed by atoms with Gasteiger partial charge in [0.05, 0.1) is 18.5 Å². The normalized spacial score (nSPS) is 19.1. The maximum atomic E-state index is 12.6. The van der Waals surface area contributed by atoms with Gasteiger partial charge in [0.25, 0.3) is 0 Å². The van der Waals surface area contributed by atoms with Gasteiger partial charge in [-0.15, -0.1) is 0 Å². The molecule has 0 aliphatic rings. The van der Waals surface area contributed by atoms with Gasteiger partial charge >= 0.3 is 0 Å². The van der Waals surface area contributed by atoms with Crippen molar-refractivity contribution in [3.63, 3.8) is 0 Å². The van der Waals surface area contributed by atoms with E-state index >= 15 is 0 Å². The van der Waals surface area contributed by atoms with Crippen LogP contribution >= 0.6 is 0 Å². The summed E-state index contributed by atoms with van der Waals surface area (Å²) in [4.78, 5) is 0. The summed E-state index contributed by atoms with van der Waals surface area (Å²) < 4.78 is 45.9. The number of nitrogens with zero attached hydrogens (tertiary/aromatic N) is 1. The van der Waals surface area contributed by atoms with Crippen molar-refractivity contribution in [2.45, 2.75) is 66.2 Å². The highest BCUT2D eigenvalue weighted by atomic mass is 32.2. The molecule has 0 aliphatic heterocycles. The molecule has 3 atom stereocenters. The predicted molar refractivity (Wildman–Crippen MR) is 104 cm³/mol. The van der Waals surface area contributed by atoms with E-state index < -0.39 is 25.8 Å². The van der Waals surface area contributed by atoms with Crippen LogP contribution in [-0.4, -0.2) is 66.2 Å². The molecule has 8 heteroatoms. The number of sulfonamides is 1. The van der Waals surface area contributed by atoms with Crippen molar-refractivity contribution < 1.29 is 17.4 Å². The summed E-state index contributed by atoms with van der Waals surface area (Å²) >= 11 is 0. The Kier molecular flexibility index (Phi) is 7.98. The number of rotatable bonds is 8. The Labute approximate surface area is 149 Å². The summed E-state index contributed by atoms with van der Waals surface area (Å²) in [6, 6.07) is 0. The first-order chi connectivity index (χ1) is 10.3. The van der Waals surface area contributed by atoms with E-state index in [1.54, 1.807) is 10.6 Å². The average Bonchev–Trinajstić information content (AvgIpc) is 2.26. The van der Waals surface area contributed by atoms with Crippen LogP contribution in [0, 0.1) is 5.41 Å². The smallest absolute Gasteiger partial charge is 0.208 e. The van der Waals surface area contributed by atoms with Crippen molar-refractivity contribution in [2.75, 3.05) is 25.6 Å². The Morgan fingerprint density at radius 1 is 1.08 bits per heavy atom. The molecule has 0 aliphatic carbocycles. The molecule has 146 valence electrons. The van der Waals surface area contributed by atoms with E-state index in [1.807, 2.05) is 27.7 Å². The lowest BCUT2D eigenvalue weighted by Crippen LogP contribution is -2.52. The second-order valence-electron chi connectivity index (χ2n) is 8.58. The summed E-state index contributed by atoms with van der Waals surface area (Å²) in [6.45, 7) is 14.5. The zero-order valence-corrected chi connectivity index (χ0v) is 18.3. The quantitative estimate of drug-likeness (QED) is 0.647. The lowest BCUT2D eigenvalue weighted by molar-refractivity contribution is -0.0616. The van der Waals surface area contributed by atoms with Crippen molar-refractivity contribution >= 4 is 25.6 Å². The molecule has 0 saturated heterocycles. The molecule has 0 saturated carbocycles. The summed E-state index contributed by atoms with van der Waals surface area (Å²) in [5.41, 5.74) is -0.473. The topological polar surface area (TPSA) is 75.7 Å². The van der Waals surface area contributed by atoms with E-state index in [9.17, 15) is 12.6 Å². The van der Waals surface area contributed by atoms with Gasteiger partial charge in [-0.2, -0.15) is 0 Å². The van der Waals surface area contributed by atoms with Crippen molar-refractivity contribution in [1.82, 2.24) is 9.03 Å². The SMILES string of the molecule is C=S(C)(=O)N(CC(CNS(C)(=O)=O)OC(C)C(C)(C)C)C(C)(C)C. The zero-order valence-electron chi connectivity index (χ0n) is 16.7. The van der Waals surface area contributed by atoms with Crippen molar-refractivity contribution in [3.8, 4) is 0 Å². The van der Waals surface area contributed by atoms with Crippen LogP contribution in [0.5, 0.6) is 0 Å². The molecule has 0 aromatic carbocycles.